The molecule has 3 N–H and O–H groups in total. The summed E-state index contributed by atoms with van der Waals surface area (Å²) in [6, 6.07) is 18.6. The number of nitrogens with zero attached hydrogens (tertiary/aromatic N) is 2. The van der Waals surface area contributed by atoms with Crippen LogP contribution >= 0.6 is 0 Å². The van der Waals surface area contributed by atoms with E-state index >= 15 is 0 Å². The highest BCUT2D eigenvalue weighted by Gasteiger charge is 2.39. The fraction of sp³-hybridized carbons (Fsp3) is 0.417. The normalized spacial score (nSPS) is 22.3. The lowest BCUT2D eigenvalue weighted by atomic mass is 10.0. The quantitative estimate of drug-likeness (QED) is 0.691. The maximum Gasteiger partial charge on any atom is 0.322 e. The Kier molecular flexibility index (Phi) is 6.84. The molecule has 4 rings (SSSR count). The van der Waals surface area contributed by atoms with Gasteiger partial charge in [0.2, 0.25) is 5.91 Å². The SMILES string of the molecule is O=C(NC1CCN(Cc2ccccc2)CC1)C1CC(O)CN1C(=O)Nc1ccccc1. The number of aliphatic hydroxyl groups excluding tert-OH is 1. The van der Waals surface area contributed by atoms with E-state index in [1.165, 1.54) is 10.5 Å². The van der Waals surface area contributed by atoms with Gasteiger partial charge in [-0.25, -0.2) is 4.79 Å². The molecule has 0 saturated carbocycles. The molecule has 2 fully saturated rings. The number of rotatable bonds is 5. The summed E-state index contributed by atoms with van der Waals surface area (Å²) in [7, 11) is 0. The van der Waals surface area contributed by atoms with Gasteiger partial charge in [0.15, 0.2) is 0 Å². The molecule has 2 aromatic carbocycles. The van der Waals surface area contributed by atoms with E-state index in [0.29, 0.717) is 5.69 Å². The van der Waals surface area contributed by atoms with E-state index in [2.05, 4.69) is 39.8 Å². The molecular weight excluding hydrogens is 392 g/mol. The topological polar surface area (TPSA) is 84.9 Å². The number of carbonyl (C=O) groups is 2. The third-order valence-corrected chi connectivity index (χ3v) is 6.05. The zero-order valence-corrected chi connectivity index (χ0v) is 17.6. The van der Waals surface area contributed by atoms with Gasteiger partial charge in [0.05, 0.1) is 6.10 Å². The summed E-state index contributed by atoms with van der Waals surface area (Å²) >= 11 is 0. The summed E-state index contributed by atoms with van der Waals surface area (Å²) in [6.07, 6.45) is 1.33. The predicted octanol–water partition coefficient (Wildman–Crippen LogP) is 2.43. The maximum atomic E-state index is 12.9. The van der Waals surface area contributed by atoms with Crippen LogP contribution in [0.25, 0.3) is 0 Å². The number of hydrogen-bond acceptors (Lipinski definition) is 4. The minimum Gasteiger partial charge on any atom is -0.391 e. The van der Waals surface area contributed by atoms with Crippen molar-refractivity contribution >= 4 is 17.6 Å². The second kappa shape index (κ2) is 9.94. The molecule has 0 aromatic heterocycles. The average molecular weight is 423 g/mol. The third-order valence-electron chi connectivity index (χ3n) is 6.05. The Morgan fingerprint density at radius 2 is 1.61 bits per heavy atom. The molecule has 2 heterocycles. The lowest BCUT2D eigenvalue weighted by Gasteiger charge is -2.33. The molecule has 0 aliphatic carbocycles. The van der Waals surface area contributed by atoms with Crippen LogP contribution in [0, 0.1) is 0 Å². The van der Waals surface area contributed by atoms with E-state index < -0.39 is 12.1 Å². The second-order valence-corrected chi connectivity index (χ2v) is 8.40. The Labute approximate surface area is 183 Å². The smallest absolute Gasteiger partial charge is 0.322 e. The number of carbonyl (C=O) groups excluding carboxylic acids is 2. The Bertz CT molecular complexity index is 869. The number of likely N-dealkylation sites (tertiary alicyclic amines) is 2. The van der Waals surface area contributed by atoms with Crippen molar-refractivity contribution in [3.05, 3.63) is 66.2 Å². The van der Waals surface area contributed by atoms with E-state index in [4.69, 9.17) is 0 Å². The van der Waals surface area contributed by atoms with Crippen LogP contribution in [-0.2, 0) is 11.3 Å². The molecule has 0 spiro atoms. The van der Waals surface area contributed by atoms with Crippen molar-refractivity contribution in [3.8, 4) is 0 Å². The van der Waals surface area contributed by atoms with Gasteiger partial charge in [-0.1, -0.05) is 48.5 Å². The minimum atomic E-state index is -0.690. The highest BCUT2D eigenvalue weighted by Crippen LogP contribution is 2.21. The van der Waals surface area contributed by atoms with Gasteiger partial charge < -0.3 is 20.6 Å². The Hall–Kier alpha value is -2.90. The number of anilines is 1. The number of nitrogens with one attached hydrogen (secondary N) is 2. The summed E-state index contributed by atoms with van der Waals surface area (Å²) in [5, 5.41) is 16.0. The highest BCUT2D eigenvalue weighted by molar-refractivity contribution is 5.94. The number of hydrogen-bond donors (Lipinski definition) is 3. The van der Waals surface area contributed by atoms with Gasteiger partial charge in [0.1, 0.15) is 6.04 Å². The maximum absolute atomic E-state index is 12.9. The zero-order chi connectivity index (χ0) is 21.6. The molecule has 164 valence electrons. The van der Waals surface area contributed by atoms with Crippen molar-refractivity contribution in [1.29, 1.82) is 0 Å². The van der Waals surface area contributed by atoms with Gasteiger partial charge in [-0.05, 0) is 30.5 Å². The van der Waals surface area contributed by atoms with Crippen LogP contribution in [-0.4, -0.2) is 64.7 Å². The Morgan fingerprint density at radius 1 is 0.968 bits per heavy atom. The zero-order valence-electron chi connectivity index (χ0n) is 17.6. The van der Waals surface area contributed by atoms with Crippen LogP contribution in [0.4, 0.5) is 10.5 Å². The first-order chi connectivity index (χ1) is 15.1. The van der Waals surface area contributed by atoms with E-state index in [1.807, 2.05) is 24.3 Å². The first-order valence-electron chi connectivity index (χ1n) is 11.0. The molecule has 2 atom stereocenters. The van der Waals surface area contributed by atoms with Crippen LogP contribution in [0.1, 0.15) is 24.8 Å². The molecular formula is C24H30N4O3. The number of urea groups is 1. The van der Waals surface area contributed by atoms with Gasteiger partial charge in [-0.15, -0.1) is 0 Å². The summed E-state index contributed by atoms with van der Waals surface area (Å²) in [5.74, 6) is -0.179. The van der Waals surface area contributed by atoms with Crippen molar-refractivity contribution in [2.75, 3.05) is 25.0 Å². The minimum absolute atomic E-state index is 0.0938. The molecule has 7 heteroatoms. The van der Waals surface area contributed by atoms with Gasteiger partial charge in [0, 0.05) is 44.3 Å². The van der Waals surface area contributed by atoms with Crippen molar-refractivity contribution in [3.63, 3.8) is 0 Å². The lowest BCUT2D eigenvalue weighted by molar-refractivity contribution is -0.125. The monoisotopic (exact) mass is 422 g/mol. The first kappa shape index (κ1) is 21.3. The third kappa shape index (κ3) is 5.62. The number of β-amino-alcohol motifs (C(OH)–C–C–N with tert-alkyl or cyclic N) is 1. The average Bonchev–Trinajstić information content (AvgIpc) is 3.19. The number of amides is 3. The van der Waals surface area contributed by atoms with Gasteiger partial charge >= 0.3 is 6.03 Å². The van der Waals surface area contributed by atoms with Crippen LogP contribution in [0.5, 0.6) is 0 Å². The molecule has 2 unspecified atom stereocenters. The first-order valence-corrected chi connectivity index (χ1v) is 11.0. The van der Waals surface area contributed by atoms with Crippen LogP contribution in [0.15, 0.2) is 60.7 Å². The van der Waals surface area contributed by atoms with Crippen molar-refractivity contribution in [2.45, 2.75) is 44.0 Å². The number of aliphatic hydroxyl groups is 1. The van der Waals surface area contributed by atoms with E-state index in [0.717, 1.165) is 32.5 Å². The molecule has 2 aromatic rings. The molecule has 0 radical (unpaired) electrons. The highest BCUT2D eigenvalue weighted by atomic mass is 16.3. The van der Waals surface area contributed by atoms with Crippen molar-refractivity contribution in [1.82, 2.24) is 15.1 Å². The summed E-state index contributed by atoms with van der Waals surface area (Å²) < 4.78 is 0. The fourth-order valence-corrected chi connectivity index (χ4v) is 4.38. The van der Waals surface area contributed by atoms with Crippen LogP contribution < -0.4 is 10.6 Å². The number of piperidine rings is 1. The molecule has 2 saturated heterocycles. The number of para-hydroxylation sites is 1. The van der Waals surface area contributed by atoms with Crippen LogP contribution in [0.3, 0.4) is 0 Å². The summed E-state index contributed by atoms with van der Waals surface area (Å²) in [4.78, 5) is 29.5. The van der Waals surface area contributed by atoms with Crippen LogP contribution in [0.2, 0.25) is 0 Å². The predicted molar refractivity (Wildman–Crippen MR) is 119 cm³/mol. The summed E-state index contributed by atoms with van der Waals surface area (Å²) in [5.41, 5.74) is 1.96. The molecule has 7 nitrogen and oxygen atoms in total. The molecule has 0 bridgehead atoms. The van der Waals surface area contributed by atoms with E-state index in [-0.39, 0.29) is 30.9 Å². The Balaban J connectivity index is 1.28. The molecule has 2 aliphatic rings. The van der Waals surface area contributed by atoms with Gasteiger partial charge in [-0.3, -0.25) is 9.69 Å². The number of benzene rings is 2. The fourth-order valence-electron chi connectivity index (χ4n) is 4.38. The molecule has 31 heavy (non-hydrogen) atoms. The standard InChI is InChI=1S/C24H30N4O3/c29-21-15-22(28(17-21)24(31)26-19-9-5-2-6-10-19)23(30)25-20-11-13-27(14-12-20)16-18-7-3-1-4-8-18/h1-10,20-22,29H,11-17H2,(H,25,30)(H,26,31). The van der Waals surface area contributed by atoms with Crippen molar-refractivity contribution in [2.24, 2.45) is 0 Å². The van der Waals surface area contributed by atoms with E-state index in [9.17, 15) is 14.7 Å². The van der Waals surface area contributed by atoms with Crippen molar-refractivity contribution < 1.29 is 14.7 Å². The lowest BCUT2D eigenvalue weighted by Crippen LogP contribution is -2.52. The van der Waals surface area contributed by atoms with E-state index in [1.54, 1.807) is 12.1 Å². The molecule has 3 amide bonds. The second-order valence-electron chi connectivity index (χ2n) is 8.40. The van der Waals surface area contributed by atoms with Gasteiger partial charge in [0.25, 0.3) is 0 Å². The Morgan fingerprint density at radius 3 is 2.29 bits per heavy atom. The molecule has 2 aliphatic heterocycles. The van der Waals surface area contributed by atoms with Gasteiger partial charge in [-0.2, -0.15) is 0 Å². The largest absolute Gasteiger partial charge is 0.391 e. The summed E-state index contributed by atoms with van der Waals surface area (Å²) in [6.45, 7) is 2.92.